The van der Waals surface area contributed by atoms with Crippen LogP contribution in [-0.2, 0) is 25.7 Å². The summed E-state index contributed by atoms with van der Waals surface area (Å²) < 4.78 is 17.6. The van der Waals surface area contributed by atoms with Crippen LogP contribution in [-0.4, -0.2) is 130 Å². The number of amides is 5. The van der Waals surface area contributed by atoms with Gasteiger partial charge in [0.1, 0.15) is 17.9 Å². The average molecular weight is 1040 g/mol. The summed E-state index contributed by atoms with van der Waals surface area (Å²) in [5, 5.41) is 26.5. The van der Waals surface area contributed by atoms with Gasteiger partial charge in [0.15, 0.2) is 11.5 Å². The van der Waals surface area contributed by atoms with Crippen molar-refractivity contribution in [3.05, 3.63) is 101 Å². The van der Waals surface area contributed by atoms with Crippen molar-refractivity contribution in [2.24, 2.45) is 5.41 Å². The number of aliphatic hydroxyl groups excluding tert-OH is 1. The fourth-order valence-electron chi connectivity index (χ4n) is 9.93. The SMILES string of the molecule is Cc1ncsc1-c1ccc(CNC(=O)[C@@H]2C[C@@H](O)CN2C(=O)[C@@H](NC(=O)CCCCCCCCC(=O)N2CCN(C(=O)c3ccc(Nc4nc(C5CC5)cn5c(-c6cn[nH]c6)cnc45)c(F)c3)CC2)C(C)(C)C)cc1. The number of halogens is 1. The van der Waals surface area contributed by atoms with Crippen molar-refractivity contribution in [3.8, 4) is 21.7 Å². The maximum absolute atomic E-state index is 15.7. The van der Waals surface area contributed by atoms with Gasteiger partial charge in [-0.15, -0.1) is 11.3 Å². The highest BCUT2D eigenvalue weighted by Crippen LogP contribution is 2.41. The van der Waals surface area contributed by atoms with Crippen LogP contribution in [0.15, 0.2) is 72.8 Å². The lowest BCUT2D eigenvalue weighted by Gasteiger charge is -2.35. The molecule has 2 aromatic carbocycles. The Morgan fingerprint density at radius 1 is 0.893 bits per heavy atom. The molecule has 1 saturated carbocycles. The minimum absolute atomic E-state index is 0.00621. The molecule has 5 N–H and O–H groups in total. The molecule has 3 aliphatic rings. The number of benzene rings is 2. The number of likely N-dealkylation sites (tertiary alicyclic amines) is 1. The van der Waals surface area contributed by atoms with Gasteiger partial charge in [0.25, 0.3) is 5.91 Å². The molecular formula is C55H67FN12O6S. The van der Waals surface area contributed by atoms with E-state index < -0.39 is 35.3 Å². The zero-order valence-corrected chi connectivity index (χ0v) is 43.9. The van der Waals surface area contributed by atoms with Gasteiger partial charge < -0.3 is 35.8 Å². The Bertz CT molecular complexity index is 3000. The van der Waals surface area contributed by atoms with E-state index in [0.29, 0.717) is 56.4 Å². The largest absolute Gasteiger partial charge is 0.391 e. The number of carbonyl (C=O) groups excluding carboxylic acids is 5. The predicted octanol–water partition coefficient (Wildman–Crippen LogP) is 7.53. The van der Waals surface area contributed by atoms with Crippen LogP contribution in [0.1, 0.15) is 125 Å². The van der Waals surface area contributed by atoms with Gasteiger partial charge in [0.05, 0.1) is 51.7 Å². The number of anilines is 2. The molecule has 2 saturated heterocycles. The van der Waals surface area contributed by atoms with Crippen molar-refractivity contribution < 1.29 is 33.5 Å². The van der Waals surface area contributed by atoms with E-state index in [4.69, 9.17) is 4.98 Å². The lowest BCUT2D eigenvalue weighted by molar-refractivity contribution is -0.144. The Kier molecular flexibility index (Phi) is 16.3. The Morgan fingerprint density at radius 3 is 2.28 bits per heavy atom. The van der Waals surface area contributed by atoms with E-state index in [2.05, 4.69) is 36.1 Å². The number of aryl methyl sites for hydroxylation is 1. The average Bonchev–Trinajstić information content (AvgIpc) is 3.73. The number of hydrogen-bond acceptors (Lipinski definition) is 12. The summed E-state index contributed by atoms with van der Waals surface area (Å²) in [6.07, 6.45) is 14.1. The fourth-order valence-corrected chi connectivity index (χ4v) is 10.7. The molecule has 2 aliphatic heterocycles. The number of hydrogen-bond donors (Lipinski definition) is 5. The van der Waals surface area contributed by atoms with Gasteiger partial charge in [-0.25, -0.2) is 19.3 Å². The third-order valence-electron chi connectivity index (χ3n) is 14.4. The van der Waals surface area contributed by atoms with E-state index in [-0.39, 0.29) is 60.8 Å². The van der Waals surface area contributed by atoms with Crippen LogP contribution in [0, 0.1) is 18.2 Å². The van der Waals surface area contributed by atoms with Gasteiger partial charge in [-0.05, 0) is 67.3 Å². The second-order valence-electron chi connectivity index (χ2n) is 21.2. The standard InChI is InChI=1S/C55H67FN12O6S/c1-34-48(75-33-59-34)37-15-13-35(14-16-37)27-58-52(72)44-26-40(69)31-68(44)54(74)49(55(2,3)4)64-46(70)11-9-7-5-6-8-10-12-47(71)65-21-23-66(24-22-65)53(73)38-19-20-42(41(56)25-38)62-50-51-57-30-45(39-28-60-61-29-39)67(51)32-43(63-50)36-17-18-36/h13-16,19-20,25,28-30,32-33,36,40,44,49,69H,5-12,17-18,21-24,26-27,31H2,1-4H3,(H,58,72)(H,60,61)(H,62,63)(H,64,70)/t40-,44+,49-/m1/s1. The van der Waals surface area contributed by atoms with Crippen molar-refractivity contribution in [3.63, 3.8) is 0 Å². The molecule has 9 rings (SSSR count). The summed E-state index contributed by atoms with van der Waals surface area (Å²) in [5.41, 5.74) is 7.61. The molecule has 1 aliphatic carbocycles. The van der Waals surface area contributed by atoms with Crippen LogP contribution >= 0.6 is 11.3 Å². The Hall–Kier alpha value is -7.06. The van der Waals surface area contributed by atoms with E-state index in [9.17, 15) is 29.1 Å². The monoisotopic (exact) mass is 1040 g/mol. The summed E-state index contributed by atoms with van der Waals surface area (Å²) in [6, 6.07) is 10.5. The number of thiazole rings is 1. The minimum atomic E-state index is -0.891. The van der Waals surface area contributed by atoms with Crippen LogP contribution in [0.3, 0.4) is 0 Å². The maximum atomic E-state index is 15.7. The van der Waals surface area contributed by atoms with Gasteiger partial charge in [0, 0.05) is 88.0 Å². The number of imidazole rings is 1. The maximum Gasteiger partial charge on any atom is 0.254 e. The summed E-state index contributed by atoms with van der Waals surface area (Å²) in [7, 11) is 0. The number of rotatable bonds is 20. The molecule has 396 valence electrons. The van der Waals surface area contributed by atoms with E-state index in [0.717, 1.165) is 83.6 Å². The zero-order valence-electron chi connectivity index (χ0n) is 43.1. The van der Waals surface area contributed by atoms with Crippen LogP contribution in [0.5, 0.6) is 0 Å². The first kappa shape index (κ1) is 52.8. The van der Waals surface area contributed by atoms with Crippen molar-refractivity contribution in [1.82, 2.24) is 54.9 Å². The predicted molar refractivity (Wildman–Crippen MR) is 283 cm³/mol. The smallest absolute Gasteiger partial charge is 0.254 e. The highest BCUT2D eigenvalue weighted by molar-refractivity contribution is 7.13. The number of aromatic nitrogens is 6. The third kappa shape index (κ3) is 12.7. The van der Waals surface area contributed by atoms with Crippen molar-refractivity contribution in [2.45, 2.75) is 129 Å². The van der Waals surface area contributed by atoms with Crippen molar-refractivity contribution in [1.29, 1.82) is 0 Å². The molecule has 0 bridgehead atoms. The van der Waals surface area contributed by atoms with E-state index >= 15 is 4.39 Å². The van der Waals surface area contributed by atoms with Crippen molar-refractivity contribution in [2.75, 3.05) is 38.0 Å². The second-order valence-corrected chi connectivity index (χ2v) is 22.0. The number of aromatic amines is 1. The second kappa shape index (κ2) is 23.2. The highest BCUT2D eigenvalue weighted by atomic mass is 32.1. The van der Waals surface area contributed by atoms with Gasteiger partial charge >= 0.3 is 0 Å². The number of β-amino-alcohol motifs (C(OH)–C–C–N with tert-alkyl or cyclic N) is 1. The Labute approximate surface area is 439 Å². The van der Waals surface area contributed by atoms with E-state index in [1.807, 2.05) is 68.1 Å². The summed E-state index contributed by atoms with van der Waals surface area (Å²) in [6.45, 7) is 9.36. The molecule has 6 aromatic rings. The molecule has 75 heavy (non-hydrogen) atoms. The first-order chi connectivity index (χ1) is 36.1. The van der Waals surface area contributed by atoms with Gasteiger partial charge in [-0.1, -0.05) is 70.7 Å². The van der Waals surface area contributed by atoms with Gasteiger partial charge in [-0.3, -0.25) is 33.5 Å². The number of aliphatic hydroxyl groups is 1. The number of piperazine rings is 1. The summed E-state index contributed by atoms with van der Waals surface area (Å²) >= 11 is 1.57. The number of unbranched alkanes of at least 4 members (excludes halogenated alkanes) is 5. The molecule has 18 nitrogen and oxygen atoms in total. The molecule has 0 radical (unpaired) electrons. The quantitative estimate of drug-likeness (QED) is 0.0470. The summed E-state index contributed by atoms with van der Waals surface area (Å²) in [5.74, 6) is -1.07. The topological polar surface area (TPSA) is 223 Å². The lowest BCUT2D eigenvalue weighted by atomic mass is 9.85. The van der Waals surface area contributed by atoms with Crippen LogP contribution in [0.4, 0.5) is 15.9 Å². The molecule has 4 aromatic heterocycles. The van der Waals surface area contributed by atoms with Gasteiger partial charge in [0.2, 0.25) is 23.6 Å². The van der Waals surface area contributed by atoms with Gasteiger partial charge in [-0.2, -0.15) is 5.10 Å². The van der Waals surface area contributed by atoms with Crippen LogP contribution < -0.4 is 16.0 Å². The molecule has 5 amide bonds. The first-order valence-electron chi connectivity index (χ1n) is 26.2. The van der Waals surface area contributed by atoms with E-state index in [1.165, 1.54) is 11.0 Å². The van der Waals surface area contributed by atoms with Crippen LogP contribution in [0.25, 0.3) is 27.3 Å². The normalized spacial score (nSPS) is 17.3. The number of carbonyl (C=O) groups is 5. The minimum Gasteiger partial charge on any atom is -0.391 e. The fraction of sp³-hybridized carbons (Fsp3) is 0.473. The van der Waals surface area contributed by atoms with Crippen LogP contribution in [0.2, 0.25) is 0 Å². The summed E-state index contributed by atoms with van der Waals surface area (Å²) in [4.78, 5) is 87.0. The molecular weight excluding hydrogens is 976 g/mol. The molecule has 3 atom stereocenters. The number of nitrogens with zero attached hydrogens (tertiary/aromatic N) is 8. The lowest BCUT2D eigenvalue weighted by Crippen LogP contribution is -2.57. The molecule has 3 fully saturated rings. The number of H-pyrrole nitrogens is 1. The molecule has 20 heteroatoms. The highest BCUT2D eigenvalue weighted by Gasteiger charge is 2.44. The Morgan fingerprint density at radius 2 is 1.61 bits per heavy atom. The Balaban J connectivity index is 0.661. The molecule has 0 unspecified atom stereocenters. The number of nitrogens with one attached hydrogen (secondary N) is 4. The molecule has 0 spiro atoms. The first-order valence-corrected chi connectivity index (χ1v) is 27.0. The number of fused-ring (bicyclic) bond motifs is 1. The zero-order chi connectivity index (χ0) is 52.8. The van der Waals surface area contributed by atoms with Crippen molar-refractivity contribution >= 4 is 58.0 Å². The molecule has 6 heterocycles. The third-order valence-corrected chi connectivity index (χ3v) is 15.4. The van der Waals surface area contributed by atoms with E-state index in [1.54, 1.807) is 51.9 Å².